The number of carboxylic acid groups (broad SMARTS) is 2. The highest BCUT2D eigenvalue weighted by Gasteiger charge is 2.22. The van der Waals surface area contributed by atoms with Crippen molar-refractivity contribution in [3.8, 4) is 22.3 Å². The Morgan fingerprint density at radius 1 is 0.654 bits per heavy atom. The first-order valence-corrected chi connectivity index (χ1v) is 18.3. The third-order valence-corrected chi connectivity index (χ3v) is 9.84. The van der Waals surface area contributed by atoms with E-state index in [9.17, 15) is 29.4 Å². The second kappa shape index (κ2) is 18.1. The minimum Gasteiger partial charge on any atom is -0.478 e. The summed E-state index contributed by atoms with van der Waals surface area (Å²) < 4.78 is 6.05. The Morgan fingerprint density at radius 3 is 1.65 bits per heavy atom. The number of rotatable bonds is 10. The normalized spacial score (nSPS) is 10.3. The van der Waals surface area contributed by atoms with Gasteiger partial charge in [-0.3, -0.25) is 10.6 Å². The van der Waals surface area contributed by atoms with E-state index in [-0.39, 0.29) is 27.7 Å². The summed E-state index contributed by atoms with van der Waals surface area (Å²) in [5, 5.41) is 31.5. The molecule has 0 atom stereocenters. The molecule has 2 aromatic heterocycles. The zero-order chi connectivity index (χ0) is 37.0. The monoisotopic (exact) mass is 817 g/mol. The van der Waals surface area contributed by atoms with Gasteiger partial charge >= 0.3 is 24.1 Å². The Kier molecular flexibility index (Phi) is 13.2. The zero-order valence-corrected chi connectivity index (χ0v) is 30.9. The highest BCUT2D eigenvalue weighted by Crippen LogP contribution is 2.37. The maximum absolute atomic E-state index is 12.1. The predicted octanol–water partition coefficient (Wildman–Crippen LogP) is 10.7. The Bertz CT molecular complexity index is 2000. The Morgan fingerprint density at radius 2 is 1.13 bits per heavy atom. The number of ether oxygens (including phenoxy) is 1. The average molecular weight is 819 g/mol. The molecule has 0 aliphatic heterocycles. The van der Waals surface area contributed by atoms with E-state index in [0.29, 0.717) is 22.7 Å². The number of benzene rings is 4. The lowest BCUT2D eigenvalue weighted by Crippen LogP contribution is -2.28. The van der Waals surface area contributed by atoms with E-state index < -0.39 is 24.1 Å². The first kappa shape index (κ1) is 37.8. The molecule has 0 aliphatic rings. The molecule has 264 valence electrons. The molecule has 2 heterocycles. The number of anilines is 2. The lowest BCUT2D eigenvalue weighted by atomic mass is 10.0. The van der Waals surface area contributed by atoms with Crippen LogP contribution in [-0.2, 0) is 17.9 Å². The van der Waals surface area contributed by atoms with Gasteiger partial charge in [0.2, 0.25) is 0 Å². The van der Waals surface area contributed by atoms with E-state index in [2.05, 4.69) is 31.9 Å². The van der Waals surface area contributed by atoms with Gasteiger partial charge in [-0.05, 0) is 46.5 Å². The topological polar surface area (TPSA) is 154 Å². The first-order valence-electron chi connectivity index (χ1n) is 15.4. The van der Waals surface area contributed by atoms with Crippen molar-refractivity contribution in [2.45, 2.75) is 13.2 Å². The van der Waals surface area contributed by atoms with Crippen LogP contribution in [0, 0.1) is 0 Å². The molecule has 0 spiro atoms. The van der Waals surface area contributed by atoms with Crippen LogP contribution in [0.15, 0.2) is 124 Å². The highest BCUT2D eigenvalue weighted by molar-refractivity contribution is 9.10. The van der Waals surface area contributed by atoms with Crippen molar-refractivity contribution in [3.05, 3.63) is 152 Å². The molecule has 0 fully saturated rings. The van der Waals surface area contributed by atoms with Crippen LogP contribution in [0.4, 0.5) is 19.6 Å². The molecule has 0 radical (unpaired) electrons. The highest BCUT2D eigenvalue weighted by atomic mass is 79.9. The van der Waals surface area contributed by atoms with Crippen molar-refractivity contribution in [3.63, 3.8) is 0 Å². The van der Waals surface area contributed by atoms with Crippen LogP contribution in [0.3, 0.4) is 0 Å². The number of urea groups is 1. The summed E-state index contributed by atoms with van der Waals surface area (Å²) in [6, 6.07) is 32.4. The fourth-order valence-corrected chi connectivity index (χ4v) is 7.08. The van der Waals surface area contributed by atoms with E-state index in [1.54, 1.807) is 35.0 Å². The van der Waals surface area contributed by atoms with Crippen LogP contribution < -0.4 is 16.0 Å². The van der Waals surface area contributed by atoms with E-state index in [1.165, 1.54) is 11.3 Å². The van der Waals surface area contributed by atoms with Gasteiger partial charge in [-0.25, -0.2) is 19.2 Å². The maximum Gasteiger partial charge on any atom is 0.412 e. The molecule has 0 unspecified atom stereocenters. The van der Waals surface area contributed by atoms with Gasteiger partial charge in [0, 0.05) is 37.9 Å². The largest absolute Gasteiger partial charge is 0.478 e. The molecule has 3 amide bonds. The number of carboxylic acids is 2. The van der Waals surface area contributed by atoms with Crippen LogP contribution in [0.1, 0.15) is 31.8 Å². The van der Waals surface area contributed by atoms with E-state index in [1.807, 2.05) is 84.9 Å². The summed E-state index contributed by atoms with van der Waals surface area (Å²) in [5.41, 5.74) is 4.48. The summed E-state index contributed by atoms with van der Waals surface area (Å²) in [6.45, 7) is 0.463. The van der Waals surface area contributed by atoms with Gasteiger partial charge < -0.3 is 20.3 Å². The van der Waals surface area contributed by atoms with Gasteiger partial charge in [0.05, 0.1) is 0 Å². The summed E-state index contributed by atoms with van der Waals surface area (Å²) in [6.07, 6.45) is -0.694. The number of nitrogens with one attached hydrogen (secondary N) is 3. The Balaban J connectivity index is 0.000000201. The van der Waals surface area contributed by atoms with Gasteiger partial charge in [0.1, 0.15) is 27.7 Å². The number of thiophene rings is 2. The molecular weight excluding hydrogens is 790 g/mol. The average Bonchev–Trinajstić information content (AvgIpc) is 3.76. The smallest absolute Gasteiger partial charge is 0.412 e. The van der Waals surface area contributed by atoms with Gasteiger partial charge in [0.15, 0.2) is 0 Å². The second-order valence-electron chi connectivity index (χ2n) is 10.8. The summed E-state index contributed by atoms with van der Waals surface area (Å²) >= 11 is 11.6. The molecule has 6 rings (SSSR count). The molecule has 0 saturated heterocycles. The SMILES string of the molecule is O=C(NCc1ccccc1)Nc1scc(-c2ccc(Cl)cc2)c1C(=O)O.O=C(Nc1scc(-c2ccc(Br)cc2)c1C(=O)O)OCc1ccccc1. The third-order valence-electron chi connectivity index (χ3n) is 7.27. The molecule has 10 nitrogen and oxygen atoms in total. The molecule has 4 aromatic carbocycles. The van der Waals surface area contributed by atoms with Crippen molar-refractivity contribution in [2.24, 2.45) is 0 Å². The number of hydrogen-bond acceptors (Lipinski definition) is 7. The van der Waals surface area contributed by atoms with E-state index in [4.69, 9.17) is 16.3 Å². The Labute approximate surface area is 319 Å². The fraction of sp³-hybridized carbons (Fsp3) is 0.0526. The molecule has 0 aliphatic carbocycles. The number of carbonyl (C=O) groups is 4. The Hall–Kier alpha value is -5.47. The van der Waals surface area contributed by atoms with Gasteiger partial charge in [-0.2, -0.15) is 0 Å². The van der Waals surface area contributed by atoms with Crippen molar-refractivity contribution < 1.29 is 34.1 Å². The molecular formula is C38H29BrClN3O7S2. The standard InChI is InChI=1S/C19H14BrNO4S.C19H15ClN2O3S/c20-14-8-6-13(7-9-14)15-11-26-17(16(15)18(22)23)21-19(24)25-10-12-4-2-1-3-5-12;20-14-8-6-13(7-9-14)15-11-26-17(16(15)18(23)24)22-19(25)21-10-12-4-2-1-3-5-12/h1-9,11H,10H2,(H,21,24)(H,22,23);1-9,11H,10H2,(H,23,24)(H2,21,22,25). The van der Waals surface area contributed by atoms with Crippen molar-refractivity contribution in [2.75, 3.05) is 10.6 Å². The molecule has 14 heteroatoms. The minimum atomic E-state index is -1.11. The number of aromatic carboxylic acids is 2. The van der Waals surface area contributed by atoms with E-state index in [0.717, 1.165) is 38.1 Å². The maximum atomic E-state index is 12.1. The van der Waals surface area contributed by atoms with Crippen molar-refractivity contribution in [1.29, 1.82) is 0 Å². The van der Waals surface area contributed by atoms with Crippen LogP contribution in [0.2, 0.25) is 5.02 Å². The molecule has 6 aromatic rings. The van der Waals surface area contributed by atoms with Crippen LogP contribution in [0.5, 0.6) is 0 Å². The predicted molar refractivity (Wildman–Crippen MR) is 209 cm³/mol. The number of hydrogen-bond donors (Lipinski definition) is 5. The minimum absolute atomic E-state index is 0.0500. The number of halogens is 2. The fourth-order valence-electron chi connectivity index (χ4n) is 4.79. The zero-order valence-electron chi connectivity index (χ0n) is 27.0. The van der Waals surface area contributed by atoms with E-state index >= 15 is 0 Å². The number of amides is 3. The first-order chi connectivity index (χ1) is 25.1. The molecule has 52 heavy (non-hydrogen) atoms. The van der Waals surface area contributed by atoms with Crippen LogP contribution in [-0.4, -0.2) is 34.3 Å². The van der Waals surface area contributed by atoms with Gasteiger partial charge in [0.25, 0.3) is 0 Å². The summed E-state index contributed by atoms with van der Waals surface area (Å²) in [5.74, 6) is -2.21. The molecule has 0 saturated carbocycles. The molecule has 5 N–H and O–H groups in total. The quantitative estimate of drug-likeness (QED) is 0.0922. The molecule has 0 bridgehead atoms. The third kappa shape index (κ3) is 10.3. The van der Waals surface area contributed by atoms with Gasteiger partial charge in [-0.15, -0.1) is 22.7 Å². The van der Waals surface area contributed by atoms with Crippen LogP contribution in [0.25, 0.3) is 22.3 Å². The second-order valence-corrected chi connectivity index (χ2v) is 13.9. The number of carbonyl (C=O) groups excluding carboxylic acids is 2. The van der Waals surface area contributed by atoms with Crippen molar-refractivity contribution in [1.82, 2.24) is 5.32 Å². The summed E-state index contributed by atoms with van der Waals surface area (Å²) in [7, 11) is 0. The van der Waals surface area contributed by atoms with Gasteiger partial charge in [-0.1, -0.05) is 112 Å². The summed E-state index contributed by atoms with van der Waals surface area (Å²) in [4.78, 5) is 47.6. The lowest BCUT2D eigenvalue weighted by molar-refractivity contribution is 0.0688. The van der Waals surface area contributed by atoms with Crippen LogP contribution >= 0.6 is 50.2 Å². The van der Waals surface area contributed by atoms with Crippen molar-refractivity contribution >= 4 is 84.3 Å². The lowest BCUT2D eigenvalue weighted by Gasteiger charge is -2.08.